The van der Waals surface area contributed by atoms with Crippen molar-refractivity contribution < 1.29 is 22.6 Å². The molecule has 2 nitrogen and oxygen atoms in total. The van der Waals surface area contributed by atoms with Crippen molar-refractivity contribution in [3.63, 3.8) is 0 Å². The van der Waals surface area contributed by atoms with Crippen molar-refractivity contribution in [2.24, 2.45) is 11.8 Å². The van der Waals surface area contributed by atoms with E-state index in [1.807, 2.05) is 9.24 Å². The van der Waals surface area contributed by atoms with Gasteiger partial charge in [-0.2, -0.15) is 0 Å². The van der Waals surface area contributed by atoms with Crippen molar-refractivity contribution in [3.05, 3.63) is 47.7 Å². The van der Waals surface area contributed by atoms with Gasteiger partial charge in [-0.3, -0.25) is 0 Å². The number of hydrogen-bond acceptors (Lipinski definition) is 3. The predicted octanol–water partition coefficient (Wildman–Crippen LogP) is 7.56. The number of benzene rings is 2. The SMILES string of the molecule is CC1CCC(COc2ccc3c(sc4c(F)c(O/C=C(\F)P)ccc43)c2F)CC1. The Bertz CT molecular complexity index is 1070. The Morgan fingerprint density at radius 2 is 1.62 bits per heavy atom. The summed E-state index contributed by atoms with van der Waals surface area (Å²) in [7, 11) is 1.82. The van der Waals surface area contributed by atoms with E-state index < -0.39 is 17.2 Å². The van der Waals surface area contributed by atoms with Crippen LogP contribution in [0.4, 0.5) is 13.2 Å². The Balaban J connectivity index is 1.62. The molecule has 1 saturated carbocycles. The number of halogens is 3. The summed E-state index contributed by atoms with van der Waals surface area (Å²) >= 11 is 1.01. The van der Waals surface area contributed by atoms with Crippen LogP contribution in [0.25, 0.3) is 20.2 Å². The van der Waals surface area contributed by atoms with Crippen LogP contribution in [-0.4, -0.2) is 6.61 Å². The highest BCUT2D eigenvalue weighted by molar-refractivity contribution is 7.26. The third-order valence-electron chi connectivity index (χ3n) is 5.53. The fourth-order valence-corrected chi connectivity index (χ4v) is 5.06. The smallest absolute Gasteiger partial charge is 0.183 e. The lowest BCUT2D eigenvalue weighted by Gasteiger charge is -2.26. The van der Waals surface area contributed by atoms with Crippen molar-refractivity contribution in [1.82, 2.24) is 0 Å². The highest BCUT2D eigenvalue weighted by atomic mass is 32.1. The molecular weight excluding hydrogens is 416 g/mol. The van der Waals surface area contributed by atoms with E-state index >= 15 is 4.39 Å². The third-order valence-corrected chi connectivity index (χ3v) is 6.87. The summed E-state index contributed by atoms with van der Waals surface area (Å²) in [4.78, 5) is 0. The molecule has 1 heterocycles. The van der Waals surface area contributed by atoms with Gasteiger partial charge in [-0.05, 0) is 48.9 Å². The molecule has 0 saturated heterocycles. The minimum Gasteiger partial charge on any atom is -0.490 e. The zero-order chi connectivity index (χ0) is 20.5. The van der Waals surface area contributed by atoms with E-state index in [0.29, 0.717) is 28.0 Å². The van der Waals surface area contributed by atoms with E-state index in [4.69, 9.17) is 9.47 Å². The maximum atomic E-state index is 15.1. The summed E-state index contributed by atoms with van der Waals surface area (Å²) in [6, 6.07) is 6.45. The van der Waals surface area contributed by atoms with Gasteiger partial charge < -0.3 is 9.47 Å². The van der Waals surface area contributed by atoms with Gasteiger partial charge in [0.05, 0.1) is 16.0 Å². The van der Waals surface area contributed by atoms with Crippen LogP contribution in [0.15, 0.2) is 36.1 Å². The van der Waals surface area contributed by atoms with Crippen LogP contribution in [0.2, 0.25) is 0 Å². The summed E-state index contributed by atoms with van der Waals surface area (Å²) < 4.78 is 54.1. The molecule has 0 aliphatic heterocycles. The first-order valence-corrected chi connectivity index (χ1v) is 11.1. The topological polar surface area (TPSA) is 18.5 Å². The molecular formula is C22H22F3O2PS. The minimum atomic E-state index is -0.652. The Morgan fingerprint density at radius 1 is 1.03 bits per heavy atom. The summed E-state index contributed by atoms with van der Waals surface area (Å²) in [5.41, 5.74) is -0.652. The van der Waals surface area contributed by atoms with Crippen LogP contribution < -0.4 is 9.47 Å². The monoisotopic (exact) mass is 438 g/mol. The van der Waals surface area contributed by atoms with E-state index in [0.717, 1.165) is 36.4 Å². The Morgan fingerprint density at radius 3 is 2.24 bits per heavy atom. The molecule has 29 heavy (non-hydrogen) atoms. The van der Waals surface area contributed by atoms with Gasteiger partial charge in [-0.25, -0.2) is 13.2 Å². The summed E-state index contributed by atoms with van der Waals surface area (Å²) in [6.45, 7) is 2.76. The first-order valence-electron chi connectivity index (χ1n) is 9.68. The number of hydrogen-bond donors (Lipinski definition) is 0. The highest BCUT2D eigenvalue weighted by Gasteiger charge is 2.21. The number of fused-ring (bicyclic) bond motifs is 3. The third kappa shape index (κ3) is 4.24. The first-order chi connectivity index (χ1) is 13.9. The molecule has 0 amide bonds. The van der Waals surface area contributed by atoms with Crippen molar-refractivity contribution in [2.75, 3.05) is 6.61 Å². The molecule has 0 bridgehead atoms. The molecule has 0 radical (unpaired) electrons. The van der Waals surface area contributed by atoms with Gasteiger partial charge in [0.15, 0.2) is 28.7 Å². The maximum Gasteiger partial charge on any atom is 0.183 e. The summed E-state index contributed by atoms with van der Waals surface area (Å²) in [5, 5.41) is 1.22. The quantitative estimate of drug-likeness (QED) is 0.302. The molecule has 1 atom stereocenters. The molecule has 154 valence electrons. The molecule has 1 aromatic heterocycles. The number of thiophene rings is 1. The van der Waals surface area contributed by atoms with Crippen LogP contribution in [0.5, 0.6) is 11.5 Å². The highest BCUT2D eigenvalue weighted by Crippen LogP contribution is 2.42. The van der Waals surface area contributed by atoms with Gasteiger partial charge in [-0.1, -0.05) is 29.0 Å². The van der Waals surface area contributed by atoms with Gasteiger partial charge >= 0.3 is 0 Å². The van der Waals surface area contributed by atoms with E-state index in [-0.39, 0.29) is 16.2 Å². The predicted molar refractivity (Wildman–Crippen MR) is 115 cm³/mol. The largest absolute Gasteiger partial charge is 0.490 e. The molecule has 2 aromatic carbocycles. The van der Waals surface area contributed by atoms with Crippen molar-refractivity contribution >= 4 is 40.7 Å². The average Bonchev–Trinajstić information content (AvgIpc) is 3.08. The van der Waals surface area contributed by atoms with Gasteiger partial charge in [0.2, 0.25) is 0 Å². The van der Waals surface area contributed by atoms with Gasteiger partial charge in [-0.15, -0.1) is 11.3 Å². The van der Waals surface area contributed by atoms with Crippen LogP contribution in [0.3, 0.4) is 0 Å². The lowest BCUT2D eigenvalue weighted by atomic mass is 9.83. The Hall–Kier alpha value is -1.78. The van der Waals surface area contributed by atoms with Crippen molar-refractivity contribution in [2.45, 2.75) is 32.6 Å². The van der Waals surface area contributed by atoms with Crippen molar-refractivity contribution in [3.8, 4) is 11.5 Å². The molecule has 7 heteroatoms. The van der Waals surface area contributed by atoms with Crippen molar-refractivity contribution in [1.29, 1.82) is 0 Å². The zero-order valence-corrected chi connectivity index (χ0v) is 18.0. The van der Waals surface area contributed by atoms with E-state index in [1.54, 1.807) is 18.2 Å². The van der Waals surface area contributed by atoms with Gasteiger partial charge in [0.1, 0.15) is 6.26 Å². The average molecular weight is 438 g/mol. The molecule has 0 spiro atoms. The zero-order valence-electron chi connectivity index (χ0n) is 16.0. The minimum absolute atomic E-state index is 0.106. The van der Waals surface area contributed by atoms with Crippen LogP contribution >= 0.6 is 20.6 Å². The molecule has 4 rings (SSSR count). The number of ether oxygens (including phenoxy) is 2. The first kappa shape index (κ1) is 20.5. The Kier molecular flexibility index (Phi) is 6.03. The second-order valence-corrected chi connectivity index (χ2v) is 9.24. The molecule has 0 N–H and O–H groups in total. The molecule has 1 aliphatic carbocycles. The summed E-state index contributed by atoms with van der Waals surface area (Å²) in [5.74, 6) is 0.198. The fourth-order valence-electron chi connectivity index (χ4n) is 3.83. The van der Waals surface area contributed by atoms with Crippen LogP contribution in [0, 0.1) is 23.5 Å². The summed E-state index contributed by atoms with van der Waals surface area (Å²) in [6.07, 6.45) is 5.39. The van der Waals surface area contributed by atoms with Crippen LogP contribution in [-0.2, 0) is 0 Å². The molecule has 1 aliphatic rings. The molecule has 1 unspecified atom stereocenters. The lowest BCUT2D eigenvalue weighted by Crippen LogP contribution is -2.19. The van der Waals surface area contributed by atoms with E-state index in [1.165, 1.54) is 18.9 Å². The van der Waals surface area contributed by atoms with E-state index in [9.17, 15) is 8.78 Å². The van der Waals surface area contributed by atoms with Gasteiger partial charge in [0, 0.05) is 10.8 Å². The molecule has 3 aromatic rings. The second kappa shape index (κ2) is 8.53. The second-order valence-electron chi connectivity index (χ2n) is 7.67. The maximum absolute atomic E-state index is 15.1. The van der Waals surface area contributed by atoms with E-state index in [2.05, 4.69) is 6.92 Å². The Labute approximate surface area is 173 Å². The normalized spacial score (nSPS) is 20.4. The molecule has 1 fully saturated rings. The lowest BCUT2D eigenvalue weighted by molar-refractivity contribution is 0.183. The standard InChI is InChI=1S/C22H22F3O2PS/c1-12-2-4-13(5-3-12)10-26-16-8-6-14-15-7-9-17(27-11-18(23)28)20(25)22(15)29-21(14)19(16)24/h6-9,11-13H,2-5,10,28H2,1H3/b18-11+. The fraction of sp³-hybridized carbons (Fsp3) is 0.364. The van der Waals surface area contributed by atoms with Gasteiger partial charge in [0.25, 0.3) is 0 Å². The number of rotatable bonds is 5. The van der Waals surface area contributed by atoms with Crippen LogP contribution in [0.1, 0.15) is 32.6 Å².